The quantitative estimate of drug-likeness (QED) is 0.704. The zero-order valence-electron chi connectivity index (χ0n) is 10.5. The van der Waals surface area contributed by atoms with Gasteiger partial charge in [-0.3, -0.25) is 0 Å². The van der Waals surface area contributed by atoms with Gasteiger partial charge in [0, 0.05) is 17.8 Å². The standard InChI is InChI=1S/C13H24N2S/c1-3-4-5-6-7-8-12(14)9-13-10-16-11(2)15-13/h10,12H,3-9,14H2,1-2H3. The Balaban J connectivity index is 2.09. The number of nitrogens with two attached hydrogens (primary N) is 1. The van der Waals surface area contributed by atoms with Crippen molar-refractivity contribution in [3.63, 3.8) is 0 Å². The molecule has 1 unspecified atom stereocenters. The highest BCUT2D eigenvalue weighted by molar-refractivity contribution is 7.09. The van der Waals surface area contributed by atoms with Gasteiger partial charge in [-0.25, -0.2) is 4.98 Å². The van der Waals surface area contributed by atoms with E-state index in [2.05, 4.69) is 17.3 Å². The van der Waals surface area contributed by atoms with E-state index < -0.39 is 0 Å². The highest BCUT2D eigenvalue weighted by Gasteiger charge is 2.06. The van der Waals surface area contributed by atoms with Gasteiger partial charge in [0.05, 0.1) is 10.7 Å². The maximum absolute atomic E-state index is 6.09. The number of unbranched alkanes of at least 4 members (excludes halogenated alkanes) is 4. The van der Waals surface area contributed by atoms with E-state index in [4.69, 9.17) is 5.73 Å². The maximum Gasteiger partial charge on any atom is 0.0897 e. The van der Waals surface area contributed by atoms with E-state index in [0.29, 0.717) is 6.04 Å². The predicted octanol–water partition coefficient (Wildman–Crippen LogP) is 3.68. The smallest absolute Gasteiger partial charge is 0.0897 e. The van der Waals surface area contributed by atoms with Crippen molar-refractivity contribution in [3.8, 4) is 0 Å². The predicted molar refractivity (Wildman–Crippen MR) is 71.9 cm³/mol. The van der Waals surface area contributed by atoms with Crippen molar-refractivity contribution in [1.82, 2.24) is 4.98 Å². The molecule has 0 aliphatic heterocycles. The van der Waals surface area contributed by atoms with E-state index in [1.54, 1.807) is 11.3 Å². The molecule has 1 aromatic rings. The first-order chi connectivity index (χ1) is 7.72. The van der Waals surface area contributed by atoms with Crippen LogP contribution in [0.1, 0.15) is 56.2 Å². The molecule has 0 aliphatic rings. The van der Waals surface area contributed by atoms with Crippen molar-refractivity contribution in [3.05, 3.63) is 16.1 Å². The van der Waals surface area contributed by atoms with Crippen molar-refractivity contribution in [2.24, 2.45) is 5.73 Å². The highest BCUT2D eigenvalue weighted by Crippen LogP contribution is 2.12. The van der Waals surface area contributed by atoms with Crippen molar-refractivity contribution < 1.29 is 0 Å². The second kappa shape index (κ2) is 7.80. The molecule has 0 spiro atoms. The van der Waals surface area contributed by atoms with Crippen molar-refractivity contribution in [2.45, 2.75) is 64.8 Å². The molecule has 0 bridgehead atoms. The molecular weight excluding hydrogens is 216 g/mol. The Morgan fingerprint density at radius 2 is 2.06 bits per heavy atom. The van der Waals surface area contributed by atoms with Crippen LogP contribution in [0.5, 0.6) is 0 Å². The lowest BCUT2D eigenvalue weighted by Crippen LogP contribution is -2.22. The van der Waals surface area contributed by atoms with Gasteiger partial charge >= 0.3 is 0 Å². The van der Waals surface area contributed by atoms with Crippen LogP contribution in [0.4, 0.5) is 0 Å². The topological polar surface area (TPSA) is 38.9 Å². The normalized spacial score (nSPS) is 12.9. The summed E-state index contributed by atoms with van der Waals surface area (Å²) < 4.78 is 0. The summed E-state index contributed by atoms with van der Waals surface area (Å²) in [5.41, 5.74) is 7.26. The fourth-order valence-electron chi connectivity index (χ4n) is 1.88. The molecule has 0 saturated heterocycles. The Hall–Kier alpha value is -0.410. The lowest BCUT2D eigenvalue weighted by molar-refractivity contribution is 0.535. The molecule has 0 aromatic carbocycles. The van der Waals surface area contributed by atoms with Crippen LogP contribution < -0.4 is 5.73 Å². The van der Waals surface area contributed by atoms with E-state index >= 15 is 0 Å². The average molecular weight is 240 g/mol. The largest absolute Gasteiger partial charge is 0.327 e. The van der Waals surface area contributed by atoms with Gasteiger partial charge in [-0.15, -0.1) is 11.3 Å². The van der Waals surface area contributed by atoms with Crippen LogP contribution in [0.3, 0.4) is 0 Å². The molecule has 92 valence electrons. The lowest BCUT2D eigenvalue weighted by Gasteiger charge is -2.09. The summed E-state index contributed by atoms with van der Waals surface area (Å²) in [4.78, 5) is 4.45. The van der Waals surface area contributed by atoms with Gasteiger partial charge in [-0.2, -0.15) is 0 Å². The molecular formula is C13H24N2S. The molecule has 0 aliphatic carbocycles. The minimum atomic E-state index is 0.295. The Morgan fingerprint density at radius 1 is 1.31 bits per heavy atom. The fraction of sp³-hybridized carbons (Fsp3) is 0.769. The molecule has 16 heavy (non-hydrogen) atoms. The summed E-state index contributed by atoms with van der Waals surface area (Å²) in [6.45, 7) is 4.29. The molecule has 1 atom stereocenters. The summed E-state index contributed by atoms with van der Waals surface area (Å²) in [5.74, 6) is 0. The Morgan fingerprint density at radius 3 is 2.69 bits per heavy atom. The number of thiazole rings is 1. The Labute approximate surface area is 103 Å². The average Bonchev–Trinajstić information content (AvgIpc) is 2.63. The second-order valence-corrected chi connectivity index (χ2v) is 5.59. The molecule has 0 fully saturated rings. The SMILES string of the molecule is CCCCCCCC(N)Cc1csc(C)n1. The van der Waals surface area contributed by atoms with Crippen molar-refractivity contribution >= 4 is 11.3 Å². The fourth-order valence-corrected chi connectivity index (χ4v) is 2.51. The number of aromatic nitrogens is 1. The Kier molecular flexibility index (Phi) is 6.65. The number of nitrogens with zero attached hydrogens (tertiary/aromatic N) is 1. The van der Waals surface area contributed by atoms with Crippen LogP contribution in [0.15, 0.2) is 5.38 Å². The molecule has 1 aromatic heterocycles. The van der Waals surface area contributed by atoms with Crippen molar-refractivity contribution in [1.29, 1.82) is 0 Å². The first-order valence-corrected chi connectivity index (χ1v) is 7.27. The van der Waals surface area contributed by atoms with E-state index in [9.17, 15) is 0 Å². The summed E-state index contributed by atoms with van der Waals surface area (Å²) in [5, 5.41) is 3.27. The number of hydrogen-bond donors (Lipinski definition) is 1. The zero-order valence-corrected chi connectivity index (χ0v) is 11.4. The van der Waals surface area contributed by atoms with Gasteiger partial charge in [0.15, 0.2) is 0 Å². The number of rotatable bonds is 8. The van der Waals surface area contributed by atoms with Gasteiger partial charge < -0.3 is 5.73 Å². The molecule has 0 amide bonds. The van der Waals surface area contributed by atoms with Crippen LogP contribution in [0.2, 0.25) is 0 Å². The van der Waals surface area contributed by atoms with Crippen LogP contribution in [-0.2, 0) is 6.42 Å². The minimum Gasteiger partial charge on any atom is -0.327 e. The van der Waals surface area contributed by atoms with Gasteiger partial charge in [-0.1, -0.05) is 39.0 Å². The second-order valence-electron chi connectivity index (χ2n) is 4.52. The van der Waals surface area contributed by atoms with E-state index in [1.165, 1.54) is 37.8 Å². The van der Waals surface area contributed by atoms with Crippen LogP contribution >= 0.6 is 11.3 Å². The van der Waals surface area contributed by atoms with Crippen LogP contribution in [0.25, 0.3) is 0 Å². The molecule has 2 N–H and O–H groups in total. The molecule has 0 saturated carbocycles. The highest BCUT2D eigenvalue weighted by atomic mass is 32.1. The molecule has 2 nitrogen and oxygen atoms in total. The van der Waals surface area contributed by atoms with Crippen molar-refractivity contribution in [2.75, 3.05) is 0 Å². The summed E-state index contributed by atoms with van der Waals surface area (Å²) in [7, 11) is 0. The third-order valence-electron chi connectivity index (χ3n) is 2.82. The molecule has 1 heterocycles. The first kappa shape index (κ1) is 13.7. The van der Waals surface area contributed by atoms with E-state index in [-0.39, 0.29) is 0 Å². The summed E-state index contributed by atoms with van der Waals surface area (Å²) in [6, 6.07) is 0.295. The van der Waals surface area contributed by atoms with Gasteiger partial charge in [0.1, 0.15) is 0 Å². The minimum absolute atomic E-state index is 0.295. The van der Waals surface area contributed by atoms with Crippen LogP contribution in [0, 0.1) is 6.92 Å². The lowest BCUT2D eigenvalue weighted by atomic mass is 10.0. The monoisotopic (exact) mass is 240 g/mol. The summed E-state index contributed by atoms with van der Waals surface area (Å²) in [6.07, 6.45) is 8.71. The first-order valence-electron chi connectivity index (χ1n) is 6.39. The third-order valence-corrected chi connectivity index (χ3v) is 3.64. The van der Waals surface area contributed by atoms with E-state index in [0.717, 1.165) is 17.8 Å². The molecule has 3 heteroatoms. The summed E-state index contributed by atoms with van der Waals surface area (Å²) >= 11 is 1.71. The molecule has 1 rings (SSSR count). The molecule has 0 radical (unpaired) electrons. The van der Waals surface area contributed by atoms with E-state index in [1.807, 2.05) is 6.92 Å². The maximum atomic E-state index is 6.09. The number of hydrogen-bond acceptors (Lipinski definition) is 3. The van der Waals surface area contributed by atoms with Gasteiger partial charge in [0.2, 0.25) is 0 Å². The zero-order chi connectivity index (χ0) is 11.8. The van der Waals surface area contributed by atoms with Crippen LogP contribution in [-0.4, -0.2) is 11.0 Å². The Bertz CT molecular complexity index is 283. The third kappa shape index (κ3) is 5.61. The number of aryl methyl sites for hydroxylation is 1. The van der Waals surface area contributed by atoms with Gasteiger partial charge in [-0.05, 0) is 13.3 Å². The van der Waals surface area contributed by atoms with Gasteiger partial charge in [0.25, 0.3) is 0 Å².